The summed E-state index contributed by atoms with van der Waals surface area (Å²) in [7, 11) is 2.02. The van der Waals surface area contributed by atoms with E-state index < -0.39 is 0 Å². The average Bonchev–Trinajstić information content (AvgIpc) is 2.12. The summed E-state index contributed by atoms with van der Waals surface area (Å²) in [5.74, 6) is 0.770. The summed E-state index contributed by atoms with van der Waals surface area (Å²) >= 11 is 3.56. The van der Waals surface area contributed by atoms with E-state index in [1.54, 1.807) is 0 Å². The van der Waals surface area contributed by atoms with Crippen LogP contribution in [0.1, 0.15) is 31.0 Å². The first kappa shape index (κ1) is 10.1. The maximum absolute atomic E-state index is 4.44. The molecular formula is C11H15BrN2. The van der Waals surface area contributed by atoms with Crippen molar-refractivity contribution >= 4 is 15.9 Å². The minimum atomic E-state index is 0.416. The summed E-state index contributed by atoms with van der Waals surface area (Å²) in [4.78, 5) is 4.44. The van der Waals surface area contributed by atoms with E-state index in [-0.39, 0.29) is 0 Å². The van der Waals surface area contributed by atoms with Gasteiger partial charge in [-0.2, -0.15) is 0 Å². The van der Waals surface area contributed by atoms with Crippen molar-refractivity contribution in [2.45, 2.75) is 25.3 Å². The van der Waals surface area contributed by atoms with Crippen LogP contribution in [-0.4, -0.2) is 12.0 Å². The number of nitrogens with zero attached hydrogens (tertiary/aromatic N) is 1. The standard InChI is InChI=1S/C11H15BrN2/c1-13-10(8-4-2-5-8)11-9(12)6-3-7-14-11/h3,6-8,10,13H,2,4-5H2,1H3. The van der Waals surface area contributed by atoms with Crippen molar-refractivity contribution < 1.29 is 0 Å². The molecule has 0 aliphatic heterocycles. The Morgan fingerprint density at radius 1 is 1.57 bits per heavy atom. The molecule has 1 aromatic rings. The van der Waals surface area contributed by atoms with E-state index in [1.165, 1.54) is 19.3 Å². The van der Waals surface area contributed by atoms with Crippen LogP contribution in [0.2, 0.25) is 0 Å². The van der Waals surface area contributed by atoms with Gasteiger partial charge in [0.15, 0.2) is 0 Å². The van der Waals surface area contributed by atoms with E-state index in [4.69, 9.17) is 0 Å². The summed E-state index contributed by atoms with van der Waals surface area (Å²) in [6.45, 7) is 0. The first-order valence-corrected chi connectivity index (χ1v) is 5.90. The normalized spacial score (nSPS) is 19.0. The van der Waals surface area contributed by atoms with Gasteiger partial charge in [0.05, 0.1) is 11.7 Å². The zero-order valence-corrected chi connectivity index (χ0v) is 9.92. The van der Waals surface area contributed by atoms with Crippen LogP contribution in [0.3, 0.4) is 0 Å². The summed E-state index contributed by atoms with van der Waals surface area (Å²) in [6, 6.07) is 4.44. The Kier molecular flexibility index (Phi) is 3.19. The van der Waals surface area contributed by atoms with Crippen LogP contribution in [-0.2, 0) is 0 Å². The third-order valence-corrected chi connectivity index (χ3v) is 3.68. The van der Waals surface area contributed by atoms with Crippen LogP contribution in [0.4, 0.5) is 0 Å². The molecule has 0 radical (unpaired) electrons. The van der Waals surface area contributed by atoms with Crippen LogP contribution >= 0.6 is 15.9 Å². The van der Waals surface area contributed by atoms with Crippen LogP contribution in [0, 0.1) is 5.92 Å². The average molecular weight is 255 g/mol. The zero-order chi connectivity index (χ0) is 9.97. The molecule has 1 unspecified atom stereocenters. The number of hydrogen-bond donors (Lipinski definition) is 1. The van der Waals surface area contributed by atoms with Crippen LogP contribution in [0.5, 0.6) is 0 Å². The molecule has 0 saturated heterocycles. The van der Waals surface area contributed by atoms with Gasteiger partial charge in [-0.25, -0.2) is 0 Å². The minimum Gasteiger partial charge on any atom is -0.311 e. The van der Waals surface area contributed by atoms with Gasteiger partial charge in [-0.3, -0.25) is 4.98 Å². The maximum Gasteiger partial charge on any atom is 0.0717 e. The van der Waals surface area contributed by atoms with Crippen molar-refractivity contribution in [3.63, 3.8) is 0 Å². The molecule has 1 N–H and O–H groups in total. The molecule has 1 aliphatic carbocycles. The van der Waals surface area contributed by atoms with Crippen LogP contribution < -0.4 is 5.32 Å². The zero-order valence-electron chi connectivity index (χ0n) is 8.33. The van der Waals surface area contributed by atoms with Gasteiger partial charge in [0.2, 0.25) is 0 Å². The Bertz CT molecular complexity index is 310. The minimum absolute atomic E-state index is 0.416. The number of hydrogen-bond acceptors (Lipinski definition) is 2. The van der Waals surface area contributed by atoms with E-state index in [1.807, 2.05) is 19.3 Å². The molecule has 0 bridgehead atoms. The molecule has 2 nitrogen and oxygen atoms in total. The number of aromatic nitrogens is 1. The highest BCUT2D eigenvalue weighted by molar-refractivity contribution is 9.10. The van der Waals surface area contributed by atoms with Crippen molar-refractivity contribution in [1.82, 2.24) is 10.3 Å². The fraction of sp³-hybridized carbons (Fsp3) is 0.545. The summed E-state index contributed by atoms with van der Waals surface area (Å²) in [5, 5.41) is 3.37. The second-order valence-corrected chi connectivity index (χ2v) is 4.68. The monoisotopic (exact) mass is 254 g/mol. The molecule has 2 rings (SSSR count). The molecule has 1 fully saturated rings. The highest BCUT2D eigenvalue weighted by Crippen LogP contribution is 2.38. The Balaban J connectivity index is 2.22. The lowest BCUT2D eigenvalue weighted by Crippen LogP contribution is -2.30. The van der Waals surface area contributed by atoms with E-state index >= 15 is 0 Å². The highest BCUT2D eigenvalue weighted by Gasteiger charge is 2.29. The van der Waals surface area contributed by atoms with Gasteiger partial charge in [-0.15, -0.1) is 0 Å². The van der Waals surface area contributed by atoms with E-state index in [0.29, 0.717) is 6.04 Å². The Hall–Kier alpha value is -0.410. The number of pyridine rings is 1. The molecule has 1 heterocycles. The third kappa shape index (κ3) is 1.84. The van der Waals surface area contributed by atoms with Gasteiger partial charge in [-0.05, 0) is 53.9 Å². The van der Waals surface area contributed by atoms with Crippen molar-refractivity contribution in [2.24, 2.45) is 5.92 Å². The Labute approximate surface area is 93.3 Å². The first-order chi connectivity index (χ1) is 6.83. The molecule has 0 amide bonds. The molecule has 3 heteroatoms. The quantitative estimate of drug-likeness (QED) is 0.898. The fourth-order valence-electron chi connectivity index (χ4n) is 2.00. The predicted octanol–water partition coefficient (Wildman–Crippen LogP) is 2.90. The molecule has 1 saturated carbocycles. The SMILES string of the molecule is CNC(c1ncccc1Br)C1CCC1. The Morgan fingerprint density at radius 3 is 2.86 bits per heavy atom. The molecule has 1 aromatic heterocycles. The largest absolute Gasteiger partial charge is 0.311 e. The lowest BCUT2D eigenvalue weighted by molar-refractivity contribution is 0.235. The second-order valence-electron chi connectivity index (χ2n) is 3.83. The molecule has 14 heavy (non-hydrogen) atoms. The molecule has 1 aliphatic rings. The van der Waals surface area contributed by atoms with Gasteiger partial charge < -0.3 is 5.32 Å². The van der Waals surface area contributed by atoms with Gasteiger partial charge in [0.25, 0.3) is 0 Å². The molecular weight excluding hydrogens is 240 g/mol. The summed E-state index contributed by atoms with van der Waals surface area (Å²) < 4.78 is 1.12. The second kappa shape index (κ2) is 4.41. The lowest BCUT2D eigenvalue weighted by atomic mass is 9.78. The van der Waals surface area contributed by atoms with Crippen molar-refractivity contribution in [1.29, 1.82) is 0 Å². The van der Waals surface area contributed by atoms with Gasteiger partial charge in [0.1, 0.15) is 0 Å². The molecule has 0 aromatic carbocycles. The van der Waals surface area contributed by atoms with E-state index in [0.717, 1.165) is 16.1 Å². The fourth-order valence-corrected chi connectivity index (χ4v) is 2.50. The maximum atomic E-state index is 4.44. The van der Waals surface area contributed by atoms with Gasteiger partial charge in [-0.1, -0.05) is 6.42 Å². The van der Waals surface area contributed by atoms with Crippen LogP contribution in [0.25, 0.3) is 0 Å². The van der Waals surface area contributed by atoms with Gasteiger partial charge in [0, 0.05) is 10.7 Å². The Morgan fingerprint density at radius 2 is 2.36 bits per heavy atom. The van der Waals surface area contributed by atoms with E-state index in [2.05, 4.69) is 32.3 Å². The molecule has 76 valence electrons. The van der Waals surface area contributed by atoms with Crippen molar-refractivity contribution in [2.75, 3.05) is 7.05 Å². The lowest BCUT2D eigenvalue weighted by Gasteiger charge is -2.33. The van der Waals surface area contributed by atoms with Crippen molar-refractivity contribution in [3.05, 3.63) is 28.5 Å². The number of halogens is 1. The molecule has 0 spiro atoms. The smallest absolute Gasteiger partial charge is 0.0717 e. The number of nitrogens with one attached hydrogen (secondary N) is 1. The summed E-state index contributed by atoms with van der Waals surface area (Å²) in [6.07, 6.45) is 5.89. The topological polar surface area (TPSA) is 24.9 Å². The first-order valence-electron chi connectivity index (χ1n) is 5.10. The van der Waals surface area contributed by atoms with Crippen LogP contribution in [0.15, 0.2) is 22.8 Å². The molecule has 1 atom stereocenters. The highest BCUT2D eigenvalue weighted by atomic mass is 79.9. The third-order valence-electron chi connectivity index (χ3n) is 3.01. The summed E-state index contributed by atoms with van der Waals surface area (Å²) in [5.41, 5.74) is 1.15. The van der Waals surface area contributed by atoms with Gasteiger partial charge >= 0.3 is 0 Å². The van der Waals surface area contributed by atoms with E-state index in [9.17, 15) is 0 Å². The van der Waals surface area contributed by atoms with Crippen molar-refractivity contribution in [3.8, 4) is 0 Å². The number of rotatable bonds is 3. The predicted molar refractivity (Wildman–Crippen MR) is 61.1 cm³/mol.